The Morgan fingerprint density at radius 3 is 1.96 bits per heavy atom. The van der Waals surface area contributed by atoms with Gasteiger partial charge in [-0.15, -0.1) is 10.2 Å². The van der Waals surface area contributed by atoms with E-state index < -0.39 is 11.8 Å². The third-order valence-electron chi connectivity index (χ3n) is 3.84. The maximum absolute atomic E-state index is 13.5. The topological polar surface area (TPSA) is 43.2 Å². The normalized spacial score (nSPS) is 15.8. The van der Waals surface area contributed by atoms with Gasteiger partial charge in [0.05, 0.1) is 14.2 Å². The quantitative estimate of drug-likeness (QED) is 0.716. The van der Waals surface area contributed by atoms with Crippen LogP contribution in [0.1, 0.15) is 11.1 Å². The van der Waals surface area contributed by atoms with Crippen molar-refractivity contribution in [2.24, 2.45) is 10.2 Å². The molecule has 1 aliphatic heterocycles. The molecule has 0 amide bonds. The monoisotopic (exact) mass is 348 g/mol. The fraction of sp³-hybridized carbons (Fsp3) is 0.222. The van der Waals surface area contributed by atoms with E-state index in [0.29, 0.717) is 22.6 Å². The number of halogens is 3. The Morgan fingerprint density at radius 1 is 0.960 bits per heavy atom. The number of hydrogen-bond donors (Lipinski definition) is 0. The maximum atomic E-state index is 13.5. The van der Waals surface area contributed by atoms with Crippen LogP contribution in [0.15, 0.2) is 58.8 Å². The summed E-state index contributed by atoms with van der Waals surface area (Å²) >= 11 is 0. The second-order valence-corrected chi connectivity index (χ2v) is 5.44. The van der Waals surface area contributed by atoms with Crippen molar-refractivity contribution in [3.8, 4) is 11.5 Å². The van der Waals surface area contributed by atoms with E-state index in [4.69, 9.17) is 9.47 Å². The van der Waals surface area contributed by atoms with Crippen LogP contribution in [-0.4, -0.2) is 26.1 Å². The molecule has 0 unspecified atom stereocenters. The number of ether oxygens (including phenoxy) is 2. The zero-order valence-electron chi connectivity index (χ0n) is 13.5. The molecule has 0 N–H and O–H groups in total. The Hall–Kier alpha value is -2.83. The first-order chi connectivity index (χ1) is 11.9. The Morgan fingerprint density at radius 2 is 1.52 bits per heavy atom. The highest BCUT2D eigenvalue weighted by atomic mass is 19.4. The average Bonchev–Trinajstić information content (AvgIpc) is 3.41. The van der Waals surface area contributed by atoms with Crippen LogP contribution in [0.3, 0.4) is 0 Å². The Kier molecular flexibility index (Phi) is 4.24. The molecule has 7 heteroatoms. The van der Waals surface area contributed by atoms with Crippen molar-refractivity contribution in [1.29, 1.82) is 0 Å². The predicted molar refractivity (Wildman–Crippen MR) is 87.5 cm³/mol. The molecule has 2 aromatic rings. The molecule has 0 radical (unpaired) electrons. The SMILES string of the molecule is COc1cc(C=C(c2ccccc2)C2(C(F)(F)F)N=N2)cc(OC)c1. The molecule has 3 rings (SSSR count). The highest BCUT2D eigenvalue weighted by molar-refractivity contribution is 5.88. The second-order valence-electron chi connectivity index (χ2n) is 5.44. The summed E-state index contributed by atoms with van der Waals surface area (Å²) in [6.45, 7) is 0. The molecule has 25 heavy (non-hydrogen) atoms. The van der Waals surface area contributed by atoms with Gasteiger partial charge in [0.15, 0.2) is 0 Å². The second kappa shape index (κ2) is 6.23. The molecule has 4 nitrogen and oxygen atoms in total. The Labute approximate surface area is 142 Å². The van der Waals surface area contributed by atoms with Crippen LogP contribution < -0.4 is 9.47 Å². The van der Waals surface area contributed by atoms with E-state index >= 15 is 0 Å². The lowest BCUT2D eigenvalue weighted by Crippen LogP contribution is -2.33. The molecule has 0 fully saturated rings. The van der Waals surface area contributed by atoms with Crippen LogP contribution >= 0.6 is 0 Å². The lowest BCUT2D eigenvalue weighted by atomic mass is 9.92. The van der Waals surface area contributed by atoms with Crippen molar-refractivity contribution in [1.82, 2.24) is 0 Å². The first-order valence-electron chi connectivity index (χ1n) is 7.41. The molecule has 1 heterocycles. The van der Waals surface area contributed by atoms with Gasteiger partial charge in [-0.2, -0.15) is 13.2 Å². The van der Waals surface area contributed by atoms with E-state index in [2.05, 4.69) is 10.2 Å². The fourth-order valence-electron chi connectivity index (χ4n) is 2.51. The van der Waals surface area contributed by atoms with E-state index in [9.17, 15) is 13.2 Å². The van der Waals surface area contributed by atoms with Crippen LogP contribution in [0, 0.1) is 0 Å². The number of hydrogen-bond acceptors (Lipinski definition) is 4. The van der Waals surface area contributed by atoms with Gasteiger partial charge in [0, 0.05) is 11.6 Å². The summed E-state index contributed by atoms with van der Waals surface area (Å²) in [7, 11) is 2.95. The van der Waals surface area contributed by atoms with Gasteiger partial charge in [0.25, 0.3) is 0 Å². The van der Waals surface area contributed by atoms with Gasteiger partial charge in [-0.05, 0) is 29.3 Å². The van der Waals surface area contributed by atoms with Crippen molar-refractivity contribution >= 4 is 11.6 Å². The molecule has 0 saturated carbocycles. The van der Waals surface area contributed by atoms with Crippen LogP contribution in [0.4, 0.5) is 13.2 Å². The molecule has 0 aromatic heterocycles. The van der Waals surface area contributed by atoms with Crippen LogP contribution in [0.2, 0.25) is 0 Å². The van der Waals surface area contributed by atoms with Crippen molar-refractivity contribution in [2.75, 3.05) is 14.2 Å². The van der Waals surface area contributed by atoms with Gasteiger partial charge < -0.3 is 9.47 Å². The zero-order valence-corrected chi connectivity index (χ0v) is 13.5. The van der Waals surface area contributed by atoms with E-state index in [1.165, 1.54) is 20.3 Å². The molecule has 0 saturated heterocycles. The predicted octanol–water partition coefficient (Wildman–Crippen LogP) is 4.97. The lowest BCUT2D eigenvalue weighted by Gasteiger charge is -2.19. The largest absolute Gasteiger partial charge is 0.497 e. The molecular formula is C18H15F3N2O2. The smallest absolute Gasteiger partial charge is 0.442 e. The number of benzene rings is 2. The average molecular weight is 348 g/mol. The van der Waals surface area contributed by atoms with E-state index in [-0.39, 0.29) is 5.57 Å². The molecule has 0 bridgehead atoms. The minimum absolute atomic E-state index is 0.0455. The highest BCUT2D eigenvalue weighted by Crippen LogP contribution is 2.53. The fourth-order valence-corrected chi connectivity index (χ4v) is 2.51. The van der Waals surface area contributed by atoms with Gasteiger partial charge in [0.2, 0.25) is 0 Å². The Bertz CT molecular complexity index is 802. The summed E-state index contributed by atoms with van der Waals surface area (Å²) in [5.74, 6) is 0.951. The van der Waals surface area contributed by atoms with Gasteiger partial charge in [0.1, 0.15) is 11.5 Å². The van der Waals surface area contributed by atoms with Gasteiger partial charge in [-0.25, -0.2) is 0 Å². The van der Waals surface area contributed by atoms with Gasteiger partial charge in [-0.3, -0.25) is 0 Å². The van der Waals surface area contributed by atoms with E-state index in [1.807, 2.05) is 0 Å². The molecule has 2 aromatic carbocycles. The zero-order chi connectivity index (χ0) is 18.1. The minimum atomic E-state index is -4.61. The standard InChI is InChI=1S/C18H15F3N2O2/c1-24-14-8-12(9-15(11-14)25-2)10-16(13-6-4-3-5-7-13)17(22-23-17)18(19,20)21/h3-11H,1-2H3. The molecule has 0 atom stereocenters. The van der Waals surface area contributed by atoms with Crippen molar-refractivity contribution in [2.45, 2.75) is 11.8 Å². The Balaban J connectivity index is 2.15. The summed E-state index contributed by atoms with van der Waals surface area (Å²) in [5.41, 5.74) is -1.68. The van der Waals surface area contributed by atoms with Crippen molar-refractivity contribution in [3.05, 3.63) is 59.7 Å². The molecule has 1 aliphatic rings. The van der Waals surface area contributed by atoms with Gasteiger partial charge >= 0.3 is 11.8 Å². The van der Waals surface area contributed by atoms with Crippen molar-refractivity contribution in [3.63, 3.8) is 0 Å². The number of rotatable bonds is 5. The first-order valence-corrected chi connectivity index (χ1v) is 7.41. The van der Waals surface area contributed by atoms with E-state index in [0.717, 1.165) is 0 Å². The third kappa shape index (κ3) is 3.22. The molecule has 0 spiro atoms. The summed E-state index contributed by atoms with van der Waals surface area (Å²) in [4.78, 5) is 0. The van der Waals surface area contributed by atoms with Crippen molar-refractivity contribution < 1.29 is 22.6 Å². The molecule has 0 aliphatic carbocycles. The maximum Gasteiger partial charge on any atom is 0.442 e. The van der Waals surface area contributed by atoms with E-state index in [1.54, 1.807) is 48.5 Å². The third-order valence-corrected chi connectivity index (χ3v) is 3.84. The highest BCUT2D eigenvalue weighted by Gasteiger charge is 2.66. The summed E-state index contributed by atoms with van der Waals surface area (Å²) in [6.07, 6.45) is -3.20. The van der Waals surface area contributed by atoms with Crippen LogP contribution in [0.25, 0.3) is 11.6 Å². The summed E-state index contributed by atoms with van der Waals surface area (Å²) in [5, 5.41) is 6.66. The van der Waals surface area contributed by atoms with Gasteiger partial charge in [-0.1, -0.05) is 30.3 Å². The van der Waals surface area contributed by atoms with Crippen LogP contribution in [-0.2, 0) is 0 Å². The number of nitrogens with zero attached hydrogens (tertiary/aromatic N) is 2. The molecular weight excluding hydrogens is 333 g/mol. The minimum Gasteiger partial charge on any atom is -0.497 e. The number of alkyl halides is 3. The summed E-state index contributed by atoms with van der Waals surface area (Å²) in [6, 6.07) is 13.2. The lowest BCUT2D eigenvalue weighted by molar-refractivity contribution is -0.148. The van der Waals surface area contributed by atoms with Crippen LogP contribution in [0.5, 0.6) is 11.5 Å². The first kappa shape index (κ1) is 17.0. The summed E-state index contributed by atoms with van der Waals surface area (Å²) < 4.78 is 51.0. The molecule has 130 valence electrons. The number of methoxy groups -OCH3 is 2.